The van der Waals surface area contributed by atoms with Crippen molar-refractivity contribution in [2.24, 2.45) is 0 Å². The van der Waals surface area contributed by atoms with Gasteiger partial charge in [0.25, 0.3) is 0 Å². The zero-order valence-electron chi connectivity index (χ0n) is 36.8. The summed E-state index contributed by atoms with van der Waals surface area (Å²) < 4.78 is 100. The van der Waals surface area contributed by atoms with Gasteiger partial charge in [-0.15, -0.1) is 23.1 Å². The highest BCUT2D eigenvalue weighted by Gasteiger charge is 2.80. The van der Waals surface area contributed by atoms with Gasteiger partial charge in [-0.05, 0) is 106 Å². The van der Waals surface area contributed by atoms with Gasteiger partial charge in [-0.3, -0.25) is 0 Å². The summed E-state index contributed by atoms with van der Waals surface area (Å²) in [6, 6.07) is 29.9. The molecule has 4 aromatic carbocycles. The van der Waals surface area contributed by atoms with Crippen LogP contribution in [-0.2, 0) is 28.5 Å². The molecule has 2 heterocycles. The topological polar surface area (TPSA) is 40.5 Å². The van der Waals surface area contributed by atoms with E-state index in [0.29, 0.717) is 37.6 Å². The summed E-state index contributed by atoms with van der Waals surface area (Å²) in [5.74, 6) is -16.3. The largest absolute Gasteiger partial charge is 0.386 e. The fraction of sp³-hybridized carbons (Fsp3) is 0.385. The quantitative estimate of drug-likeness (QED) is 0.145. The Balaban J connectivity index is 1.48. The van der Waals surface area contributed by atoms with E-state index in [0.717, 1.165) is 28.0 Å². The molecule has 0 saturated heterocycles. The molecule has 328 valence electrons. The summed E-state index contributed by atoms with van der Waals surface area (Å²) >= 11 is 2.30. The van der Waals surface area contributed by atoms with Crippen molar-refractivity contribution in [3.63, 3.8) is 0 Å². The standard InChI is InChI=1S/C52H54F6O2S2/c1-46(2,3)34-19-11-30(12-20-34)27-42-38(28-40(61-42)31-13-23-36(24-14-31)48(7,8)59)43-44(51(55,56)52(57,58)50(43,53)54)39-29-41(32-15-25-37(26-16-32)49(9,10)60)62-45(39)33-17-21-35(22-18-33)47(4,5)6/h11-26,29,40,59-60H,27-28H2,1-10H3. The van der Waals surface area contributed by atoms with E-state index in [1.54, 1.807) is 88.4 Å². The van der Waals surface area contributed by atoms with E-state index in [-0.39, 0.29) is 39.7 Å². The van der Waals surface area contributed by atoms with E-state index in [1.807, 2.05) is 57.2 Å². The molecular formula is C52H54F6O2S2. The number of allylic oxidation sites excluding steroid dienone is 4. The maximum absolute atomic E-state index is 16.9. The molecule has 2 nitrogen and oxygen atoms in total. The van der Waals surface area contributed by atoms with Crippen molar-refractivity contribution < 1.29 is 36.6 Å². The number of halogens is 6. The first kappa shape index (κ1) is 45.9. The van der Waals surface area contributed by atoms with Crippen LogP contribution in [0.3, 0.4) is 0 Å². The highest BCUT2D eigenvalue weighted by Crippen LogP contribution is 2.67. The Kier molecular flexibility index (Phi) is 11.5. The smallest absolute Gasteiger partial charge is 0.380 e. The average molecular weight is 889 g/mol. The third-order valence-corrected chi connectivity index (χ3v) is 14.7. The van der Waals surface area contributed by atoms with E-state index in [2.05, 4.69) is 20.8 Å². The molecule has 1 atom stereocenters. The molecule has 0 radical (unpaired) electrons. The van der Waals surface area contributed by atoms with Crippen LogP contribution in [0.25, 0.3) is 26.5 Å². The number of hydrogen-bond donors (Lipinski definition) is 2. The van der Waals surface area contributed by atoms with Gasteiger partial charge in [0.2, 0.25) is 0 Å². The molecule has 1 aliphatic carbocycles. The summed E-state index contributed by atoms with van der Waals surface area (Å²) in [6.45, 7) is 18.8. The predicted molar refractivity (Wildman–Crippen MR) is 243 cm³/mol. The molecule has 0 spiro atoms. The molecule has 5 aromatic rings. The van der Waals surface area contributed by atoms with Crippen LogP contribution in [0.5, 0.6) is 0 Å². The molecule has 10 heteroatoms. The number of rotatable bonds is 9. The number of thiophene rings is 1. The zero-order valence-corrected chi connectivity index (χ0v) is 38.4. The normalized spacial score (nSPS) is 19.2. The van der Waals surface area contributed by atoms with Gasteiger partial charge in [-0.1, -0.05) is 139 Å². The Hall–Kier alpha value is -4.09. The maximum atomic E-state index is 16.9. The Morgan fingerprint density at radius 1 is 0.565 bits per heavy atom. The molecule has 0 fully saturated rings. The summed E-state index contributed by atoms with van der Waals surface area (Å²) in [5, 5.41) is 20.7. The van der Waals surface area contributed by atoms with Gasteiger partial charge in [-0.2, -0.15) is 26.3 Å². The molecule has 1 aliphatic heterocycles. The Labute approximate surface area is 369 Å². The van der Waals surface area contributed by atoms with Crippen molar-refractivity contribution in [1.29, 1.82) is 0 Å². The number of thioether (sulfide) groups is 1. The van der Waals surface area contributed by atoms with E-state index in [1.165, 1.54) is 17.8 Å². The summed E-state index contributed by atoms with van der Waals surface area (Å²) in [4.78, 5) is 0.897. The van der Waals surface area contributed by atoms with Gasteiger partial charge in [0.15, 0.2) is 0 Å². The van der Waals surface area contributed by atoms with Crippen LogP contribution in [0.1, 0.15) is 120 Å². The molecule has 2 aliphatic rings. The first-order chi connectivity index (χ1) is 28.5. The average Bonchev–Trinajstić information content (AvgIpc) is 3.82. The van der Waals surface area contributed by atoms with Crippen molar-refractivity contribution in [2.75, 3.05) is 0 Å². The van der Waals surface area contributed by atoms with Crippen LogP contribution in [0.2, 0.25) is 0 Å². The second kappa shape index (κ2) is 15.6. The predicted octanol–water partition coefficient (Wildman–Crippen LogP) is 15.2. The third kappa shape index (κ3) is 8.37. The van der Waals surface area contributed by atoms with E-state index < -0.39 is 45.4 Å². The van der Waals surface area contributed by atoms with Gasteiger partial charge < -0.3 is 10.2 Å². The van der Waals surface area contributed by atoms with E-state index in [4.69, 9.17) is 0 Å². The second-order valence-electron chi connectivity index (χ2n) is 19.8. The minimum atomic E-state index is -5.75. The molecule has 7 rings (SSSR count). The Bertz CT molecular complexity index is 2520. The Morgan fingerprint density at radius 2 is 1.00 bits per heavy atom. The lowest BCUT2D eigenvalue weighted by Crippen LogP contribution is -2.49. The van der Waals surface area contributed by atoms with Crippen LogP contribution in [0.15, 0.2) is 119 Å². The molecule has 0 saturated carbocycles. The lowest BCUT2D eigenvalue weighted by molar-refractivity contribution is -0.259. The highest BCUT2D eigenvalue weighted by molar-refractivity contribution is 8.03. The third-order valence-electron chi connectivity index (χ3n) is 12.0. The number of aliphatic hydroxyl groups is 2. The first-order valence-corrected chi connectivity index (χ1v) is 22.5. The first-order valence-electron chi connectivity index (χ1n) is 20.8. The second-order valence-corrected chi connectivity index (χ2v) is 22.2. The van der Waals surface area contributed by atoms with Crippen molar-refractivity contribution in [3.05, 3.63) is 158 Å². The maximum Gasteiger partial charge on any atom is 0.380 e. The highest BCUT2D eigenvalue weighted by atomic mass is 32.2. The van der Waals surface area contributed by atoms with Crippen LogP contribution in [0, 0.1) is 0 Å². The lowest BCUT2D eigenvalue weighted by atomic mass is 9.85. The summed E-state index contributed by atoms with van der Waals surface area (Å²) in [5.41, 5.74) is -0.442. The number of hydrogen-bond acceptors (Lipinski definition) is 4. The molecule has 0 bridgehead atoms. The van der Waals surface area contributed by atoms with E-state index >= 15 is 26.3 Å². The fourth-order valence-electron chi connectivity index (χ4n) is 8.14. The molecule has 1 unspecified atom stereocenters. The zero-order chi connectivity index (χ0) is 45.6. The molecular weight excluding hydrogens is 835 g/mol. The monoisotopic (exact) mass is 888 g/mol. The fourth-order valence-corrected chi connectivity index (χ4v) is 10.8. The van der Waals surface area contributed by atoms with Crippen molar-refractivity contribution in [1.82, 2.24) is 0 Å². The molecule has 1 aromatic heterocycles. The molecule has 2 N–H and O–H groups in total. The van der Waals surface area contributed by atoms with Crippen LogP contribution in [-0.4, -0.2) is 28.0 Å². The van der Waals surface area contributed by atoms with Crippen molar-refractivity contribution in [3.8, 4) is 20.9 Å². The van der Waals surface area contributed by atoms with Crippen LogP contribution in [0.4, 0.5) is 26.3 Å². The van der Waals surface area contributed by atoms with Crippen molar-refractivity contribution in [2.45, 2.75) is 127 Å². The Morgan fingerprint density at radius 3 is 1.48 bits per heavy atom. The summed E-state index contributed by atoms with van der Waals surface area (Å²) in [6.07, 6.45) is -0.135. The minimum absolute atomic E-state index is 0.0657. The van der Waals surface area contributed by atoms with Gasteiger partial charge >= 0.3 is 17.8 Å². The van der Waals surface area contributed by atoms with Gasteiger partial charge in [0.1, 0.15) is 0 Å². The lowest BCUT2D eigenvalue weighted by Gasteiger charge is -2.26. The summed E-state index contributed by atoms with van der Waals surface area (Å²) in [7, 11) is 0. The van der Waals surface area contributed by atoms with E-state index in [9.17, 15) is 10.2 Å². The molecule has 0 amide bonds. The van der Waals surface area contributed by atoms with Crippen molar-refractivity contribution >= 4 is 28.7 Å². The SMILES string of the molecule is CC(C)(C)c1ccc(CC2=C(C3=C(c4cc(-c5ccc(C(C)(C)O)cc5)sc4-c4ccc(C(C)(C)C)cc4)C(F)(F)C(F)(F)C3(F)F)CC(c3ccc(C(C)(C)O)cc3)S2)cc1. The van der Waals surface area contributed by atoms with Crippen LogP contribution < -0.4 is 0 Å². The van der Waals surface area contributed by atoms with Gasteiger partial charge in [-0.25, -0.2) is 0 Å². The minimum Gasteiger partial charge on any atom is -0.386 e. The van der Waals surface area contributed by atoms with Gasteiger partial charge in [0.05, 0.1) is 11.2 Å². The number of benzene rings is 4. The molecule has 62 heavy (non-hydrogen) atoms. The van der Waals surface area contributed by atoms with Crippen LogP contribution >= 0.6 is 23.1 Å². The number of alkyl halides is 6. The van der Waals surface area contributed by atoms with Gasteiger partial charge in [0, 0.05) is 38.1 Å².